The summed E-state index contributed by atoms with van der Waals surface area (Å²) in [6.07, 6.45) is 2.19. The molecule has 0 aliphatic heterocycles. The largest absolute Gasteiger partial charge is 0.494 e. The zero-order chi connectivity index (χ0) is 12.8. The summed E-state index contributed by atoms with van der Waals surface area (Å²) < 4.78 is 6.70. The third kappa shape index (κ3) is 3.71. The van der Waals surface area contributed by atoms with E-state index in [9.17, 15) is 0 Å². The van der Waals surface area contributed by atoms with Crippen molar-refractivity contribution >= 4 is 15.9 Å². The van der Waals surface area contributed by atoms with Crippen LogP contribution in [0, 0.1) is 5.92 Å². The number of hydrogen-bond donors (Lipinski definition) is 1. The van der Waals surface area contributed by atoms with Crippen LogP contribution in [0.5, 0.6) is 5.75 Å². The molecule has 2 N–H and O–H groups in total. The van der Waals surface area contributed by atoms with E-state index >= 15 is 0 Å². The zero-order valence-electron chi connectivity index (χ0n) is 10.9. The van der Waals surface area contributed by atoms with Crippen LogP contribution < -0.4 is 10.5 Å². The highest BCUT2D eigenvalue weighted by molar-refractivity contribution is 9.10. The van der Waals surface area contributed by atoms with Crippen LogP contribution in [0.2, 0.25) is 0 Å². The minimum Gasteiger partial charge on any atom is -0.494 e. The van der Waals surface area contributed by atoms with E-state index in [-0.39, 0.29) is 6.04 Å². The van der Waals surface area contributed by atoms with Crippen molar-refractivity contribution in [1.29, 1.82) is 0 Å². The van der Waals surface area contributed by atoms with Crippen molar-refractivity contribution in [3.63, 3.8) is 0 Å². The first-order valence-corrected chi connectivity index (χ1v) is 7.11. The van der Waals surface area contributed by atoms with E-state index in [2.05, 4.69) is 35.8 Å². The zero-order valence-corrected chi connectivity index (χ0v) is 12.5. The second-order valence-corrected chi connectivity index (χ2v) is 5.13. The third-order valence-electron chi connectivity index (χ3n) is 3.19. The molecule has 96 valence electrons. The maximum absolute atomic E-state index is 6.36. The summed E-state index contributed by atoms with van der Waals surface area (Å²) in [6.45, 7) is 7.04. The molecule has 0 radical (unpaired) electrons. The van der Waals surface area contributed by atoms with E-state index in [1.54, 1.807) is 0 Å². The fraction of sp³-hybridized carbons (Fsp3) is 0.571. The summed E-state index contributed by atoms with van der Waals surface area (Å²) in [7, 11) is 0. The van der Waals surface area contributed by atoms with E-state index in [4.69, 9.17) is 10.5 Å². The lowest BCUT2D eigenvalue weighted by Crippen LogP contribution is -2.21. The summed E-state index contributed by atoms with van der Waals surface area (Å²) in [5.41, 5.74) is 7.47. The van der Waals surface area contributed by atoms with Crippen molar-refractivity contribution < 1.29 is 4.74 Å². The summed E-state index contributed by atoms with van der Waals surface area (Å²) >= 11 is 3.50. The van der Waals surface area contributed by atoms with Gasteiger partial charge in [-0.25, -0.2) is 0 Å². The van der Waals surface area contributed by atoms with E-state index in [0.29, 0.717) is 12.5 Å². The number of nitrogens with two attached hydrogens (primary N) is 1. The van der Waals surface area contributed by atoms with Crippen molar-refractivity contribution in [2.45, 2.75) is 39.7 Å². The fourth-order valence-corrected chi connectivity index (χ4v) is 2.50. The Bertz CT molecular complexity index is 350. The van der Waals surface area contributed by atoms with Gasteiger partial charge in [0.15, 0.2) is 0 Å². The average Bonchev–Trinajstić information content (AvgIpc) is 2.33. The molecule has 0 saturated carbocycles. The monoisotopic (exact) mass is 299 g/mol. The molecule has 3 heteroatoms. The average molecular weight is 300 g/mol. The molecule has 0 amide bonds. The van der Waals surface area contributed by atoms with Gasteiger partial charge in [0.25, 0.3) is 0 Å². The Morgan fingerprint density at radius 2 is 1.88 bits per heavy atom. The van der Waals surface area contributed by atoms with E-state index < -0.39 is 0 Å². The van der Waals surface area contributed by atoms with Gasteiger partial charge < -0.3 is 10.5 Å². The van der Waals surface area contributed by atoms with Crippen molar-refractivity contribution in [1.82, 2.24) is 0 Å². The predicted octanol–water partition coefficient (Wildman–Crippen LogP) is 4.28. The van der Waals surface area contributed by atoms with Crippen molar-refractivity contribution in [3.05, 3.63) is 28.2 Å². The van der Waals surface area contributed by atoms with Gasteiger partial charge in [-0.2, -0.15) is 0 Å². The maximum Gasteiger partial charge on any atom is 0.124 e. The van der Waals surface area contributed by atoms with Crippen LogP contribution in [0.25, 0.3) is 0 Å². The minimum atomic E-state index is 0.0454. The SMILES string of the molecule is CCOc1ccc(Br)cc1C(N)C(CC)CC. The highest BCUT2D eigenvalue weighted by Gasteiger charge is 2.20. The Balaban J connectivity index is 3.04. The third-order valence-corrected chi connectivity index (χ3v) is 3.68. The molecule has 0 aliphatic carbocycles. The molecule has 0 bridgehead atoms. The number of benzene rings is 1. The molecule has 1 unspecified atom stereocenters. The number of hydrogen-bond acceptors (Lipinski definition) is 2. The molecule has 1 atom stereocenters. The molecule has 0 saturated heterocycles. The summed E-state index contributed by atoms with van der Waals surface area (Å²) in [5.74, 6) is 1.42. The van der Waals surface area contributed by atoms with Crippen LogP contribution in [-0.4, -0.2) is 6.61 Å². The van der Waals surface area contributed by atoms with Crippen LogP contribution >= 0.6 is 15.9 Å². The van der Waals surface area contributed by atoms with Crippen molar-refractivity contribution in [3.8, 4) is 5.75 Å². The second kappa shape index (κ2) is 7.02. The van der Waals surface area contributed by atoms with Gasteiger partial charge in [0.05, 0.1) is 6.61 Å². The molecule has 17 heavy (non-hydrogen) atoms. The Morgan fingerprint density at radius 3 is 2.41 bits per heavy atom. The van der Waals surface area contributed by atoms with Crippen LogP contribution in [0.1, 0.15) is 45.2 Å². The topological polar surface area (TPSA) is 35.2 Å². The Hall–Kier alpha value is -0.540. The summed E-state index contributed by atoms with van der Waals surface area (Å²) in [5, 5.41) is 0. The van der Waals surface area contributed by atoms with Gasteiger partial charge in [-0.05, 0) is 31.0 Å². The first kappa shape index (κ1) is 14.5. The van der Waals surface area contributed by atoms with Gasteiger partial charge in [-0.1, -0.05) is 42.6 Å². The lowest BCUT2D eigenvalue weighted by Gasteiger charge is -2.24. The molecule has 0 aromatic heterocycles. The molecular weight excluding hydrogens is 278 g/mol. The normalized spacial score (nSPS) is 12.8. The molecule has 1 aromatic carbocycles. The summed E-state index contributed by atoms with van der Waals surface area (Å²) in [4.78, 5) is 0. The van der Waals surface area contributed by atoms with Gasteiger partial charge in [-0.3, -0.25) is 0 Å². The van der Waals surface area contributed by atoms with Gasteiger partial charge in [0.1, 0.15) is 5.75 Å². The van der Waals surface area contributed by atoms with E-state index in [1.165, 1.54) is 0 Å². The maximum atomic E-state index is 6.36. The Morgan fingerprint density at radius 1 is 1.24 bits per heavy atom. The number of ether oxygens (including phenoxy) is 1. The molecule has 1 rings (SSSR count). The smallest absolute Gasteiger partial charge is 0.124 e. The lowest BCUT2D eigenvalue weighted by atomic mass is 9.89. The predicted molar refractivity (Wildman–Crippen MR) is 76.3 cm³/mol. The second-order valence-electron chi connectivity index (χ2n) is 4.22. The number of halogens is 1. The van der Waals surface area contributed by atoms with Gasteiger partial charge in [0.2, 0.25) is 0 Å². The molecule has 2 nitrogen and oxygen atoms in total. The van der Waals surface area contributed by atoms with Crippen molar-refractivity contribution in [2.75, 3.05) is 6.61 Å². The standard InChI is InChI=1S/C14H22BrNO/c1-4-10(5-2)14(16)12-9-11(15)7-8-13(12)17-6-3/h7-10,14H,4-6,16H2,1-3H3. The molecule has 0 spiro atoms. The molecule has 0 fully saturated rings. The van der Waals surface area contributed by atoms with Crippen LogP contribution in [0.15, 0.2) is 22.7 Å². The fourth-order valence-electron chi connectivity index (χ4n) is 2.12. The molecule has 0 aliphatic rings. The first-order valence-electron chi connectivity index (χ1n) is 6.31. The molecule has 0 heterocycles. The van der Waals surface area contributed by atoms with E-state index in [1.807, 2.05) is 19.1 Å². The van der Waals surface area contributed by atoms with Gasteiger partial charge in [-0.15, -0.1) is 0 Å². The Kier molecular flexibility index (Phi) is 6.00. The highest BCUT2D eigenvalue weighted by Crippen LogP contribution is 2.33. The van der Waals surface area contributed by atoms with Crippen LogP contribution in [0.4, 0.5) is 0 Å². The quantitative estimate of drug-likeness (QED) is 0.851. The molecule has 1 aromatic rings. The highest BCUT2D eigenvalue weighted by atomic mass is 79.9. The van der Waals surface area contributed by atoms with Gasteiger partial charge in [0, 0.05) is 16.1 Å². The van der Waals surface area contributed by atoms with Gasteiger partial charge >= 0.3 is 0 Å². The van der Waals surface area contributed by atoms with E-state index in [0.717, 1.165) is 28.6 Å². The van der Waals surface area contributed by atoms with Crippen LogP contribution in [0.3, 0.4) is 0 Å². The van der Waals surface area contributed by atoms with Crippen LogP contribution in [-0.2, 0) is 0 Å². The minimum absolute atomic E-state index is 0.0454. The number of rotatable bonds is 6. The Labute approximate surface area is 113 Å². The summed E-state index contributed by atoms with van der Waals surface area (Å²) in [6, 6.07) is 6.11. The lowest BCUT2D eigenvalue weighted by molar-refractivity contribution is 0.323. The van der Waals surface area contributed by atoms with Crippen molar-refractivity contribution in [2.24, 2.45) is 11.7 Å². The first-order chi connectivity index (χ1) is 8.13. The molecular formula is C14H22BrNO.